The van der Waals surface area contributed by atoms with Crippen molar-refractivity contribution in [3.63, 3.8) is 0 Å². The molecule has 2 atom stereocenters. The van der Waals surface area contributed by atoms with Crippen LogP contribution in [-0.2, 0) is 9.53 Å². The molecule has 1 saturated heterocycles. The molecule has 6 heteroatoms. The van der Waals surface area contributed by atoms with Gasteiger partial charge in [-0.2, -0.15) is 0 Å². The van der Waals surface area contributed by atoms with Gasteiger partial charge in [0.2, 0.25) is 0 Å². The predicted molar refractivity (Wildman–Crippen MR) is 54.9 cm³/mol. The smallest absolute Gasteiger partial charge is 0.408 e. The van der Waals surface area contributed by atoms with Gasteiger partial charge in [-0.1, -0.05) is 12.7 Å². The van der Waals surface area contributed by atoms with E-state index in [0.29, 0.717) is 12.8 Å². The van der Waals surface area contributed by atoms with E-state index in [1.807, 2.05) is 0 Å². The lowest BCUT2D eigenvalue weighted by Gasteiger charge is -2.35. The number of esters is 1. The van der Waals surface area contributed by atoms with Gasteiger partial charge in [-0.15, -0.1) is 0 Å². The highest BCUT2D eigenvalue weighted by molar-refractivity contribution is 5.81. The van der Waals surface area contributed by atoms with Crippen molar-refractivity contribution in [2.45, 2.75) is 25.0 Å². The Balaban J connectivity index is 2.73. The lowest BCUT2D eigenvalue weighted by Crippen LogP contribution is -2.55. The Morgan fingerprint density at radius 2 is 2.25 bits per heavy atom. The first kappa shape index (κ1) is 12.5. The normalized spacial score (nSPS) is 24.9. The van der Waals surface area contributed by atoms with Gasteiger partial charge in [-0.3, -0.25) is 4.90 Å². The predicted octanol–water partition coefficient (Wildman–Crippen LogP) is 0.219. The highest BCUT2D eigenvalue weighted by Gasteiger charge is 2.39. The summed E-state index contributed by atoms with van der Waals surface area (Å²) in [4.78, 5) is 23.3. The number of hydrogen-bond acceptors (Lipinski definition) is 4. The Hall–Kier alpha value is -1.56. The molecule has 0 bridgehead atoms. The minimum atomic E-state index is -1.22. The van der Waals surface area contributed by atoms with Gasteiger partial charge in [-0.25, -0.2) is 9.59 Å². The maximum atomic E-state index is 11.5. The average molecular weight is 229 g/mol. The average Bonchev–Trinajstić information content (AvgIpc) is 2.25. The van der Waals surface area contributed by atoms with E-state index in [2.05, 4.69) is 6.58 Å². The zero-order valence-corrected chi connectivity index (χ0v) is 8.83. The number of hydrogen-bond donors (Lipinski definition) is 2. The Labute approximate surface area is 93.1 Å². The molecule has 1 rings (SSSR count). The molecule has 0 aromatic carbocycles. The molecule has 1 aliphatic rings. The first-order chi connectivity index (χ1) is 7.57. The van der Waals surface area contributed by atoms with E-state index in [9.17, 15) is 14.7 Å². The maximum Gasteiger partial charge on any atom is 0.408 e. The number of carbonyl (C=O) groups is 2. The number of aliphatic hydroxyl groups is 1. The standard InChI is InChI=1S/C10H15NO5/c1-2-6-16-9(13)8-7(12)4-3-5-11(8)10(14)15/h2,7-8,12H,1,3-6H2,(H,14,15). The lowest BCUT2D eigenvalue weighted by molar-refractivity contribution is -0.154. The van der Waals surface area contributed by atoms with Gasteiger partial charge in [0, 0.05) is 6.54 Å². The fraction of sp³-hybridized carbons (Fsp3) is 0.600. The zero-order chi connectivity index (χ0) is 12.1. The monoisotopic (exact) mass is 229 g/mol. The number of likely N-dealkylation sites (tertiary alicyclic amines) is 1. The van der Waals surface area contributed by atoms with Crippen LogP contribution >= 0.6 is 0 Å². The van der Waals surface area contributed by atoms with Crippen molar-refractivity contribution in [3.8, 4) is 0 Å². The van der Waals surface area contributed by atoms with Gasteiger partial charge in [-0.05, 0) is 12.8 Å². The summed E-state index contributed by atoms with van der Waals surface area (Å²) >= 11 is 0. The molecule has 0 aromatic rings. The molecule has 2 N–H and O–H groups in total. The molecule has 0 radical (unpaired) electrons. The maximum absolute atomic E-state index is 11.5. The molecular weight excluding hydrogens is 214 g/mol. The van der Waals surface area contributed by atoms with Crippen molar-refractivity contribution < 1.29 is 24.5 Å². The van der Waals surface area contributed by atoms with Crippen LogP contribution in [0.25, 0.3) is 0 Å². The molecule has 0 saturated carbocycles. The van der Waals surface area contributed by atoms with Crippen molar-refractivity contribution >= 4 is 12.1 Å². The van der Waals surface area contributed by atoms with Gasteiger partial charge < -0.3 is 14.9 Å². The molecule has 0 aliphatic carbocycles. The molecule has 1 amide bonds. The number of nitrogens with zero attached hydrogens (tertiary/aromatic N) is 1. The molecule has 0 aromatic heterocycles. The SMILES string of the molecule is C=CCOC(=O)C1C(O)CCCN1C(=O)O. The van der Waals surface area contributed by atoms with Gasteiger partial charge >= 0.3 is 12.1 Å². The van der Waals surface area contributed by atoms with Crippen LogP contribution in [0.15, 0.2) is 12.7 Å². The molecule has 1 fully saturated rings. The molecular formula is C10H15NO5. The van der Waals surface area contributed by atoms with Crippen LogP contribution in [0.2, 0.25) is 0 Å². The van der Waals surface area contributed by atoms with E-state index in [0.717, 1.165) is 4.90 Å². The van der Waals surface area contributed by atoms with Crippen molar-refractivity contribution in [3.05, 3.63) is 12.7 Å². The van der Waals surface area contributed by atoms with Crippen LogP contribution < -0.4 is 0 Å². The number of ether oxygens (including phenoxy) is 1. The molecule has 6 nitrogen and oxygen atoms in total. The quantitative estimate of drug-likeness (QED) is 0.534. The van der Waals surface area contributed by atoms with Gasteiger partial charge in [0.15, 0.2) is 6.04 Å². The van der Waals surface area contributed by atoms with Crippen molar-refractivity contribution in [2.24, 2.45) is 0 Å². The summed E-state index contributed by atoms with van der Waals surface area (Å²) in [6, 6.07) is -1.12. The Morgan fingerprint density at radius 3 is 2.81 bits per heavy atom. The summed E-state index contributed by atoms with van der Waals surface area (Å²) in [7, 11) is 0. The van der Waals surface area contributed by atoms with Crippen LogP contribution in [0.4, 0.5) is 4.79 Å². The summed E-state index contributed by atoms with van der Waals surface area (Å²) in [5, 5.41) is 18.5. The Morgan fingerprint density at radius 1 is 1.56 bits per heavy atom. The third-order valence-corrected chi connectivity index (χ3v) is 2.43. The third-order valence-electron chi connectivity index (χ3n) is 2.43. The largest absolute Gasteiger partial charge is 0.465 e. The first-order valence-corrected chi connectivity index (χ1v) is 5.03. The Kier molecular flexibility index (Phi) is 4.30. The van der Waals surface area contributed by atoms with E-state index >= 15 is 0 Å². The van der Waals surface area contributed by atoms with Crippen LogP contribution in [-0.4, -0.2) is 52.5 Å². The number of aliphatic hydroxyl groups excluding tert-OH is 1. The highest BCUT2D eigenvalue weighted by atomic mass is 16.5. The van der Waals surface area contributed by atoms with Crippen LogP contribution in [0.3, 0.4) is 0 Å². The van der Waals surface area contributed by atoms with Crippen molar-refractivity contribution in [2.75, 3.05) is 13.2 Å². The number of piperidine rings is 1. The first-order valence-electron chi connectivity index (χ1n) is 5.03. The van der Waals surface area contributed by atoms with E-state index < -0.39 is 24.2 Å². The summed E-state index contributed by atoms with van der Waals surface area (Å²) in [5.74, 6) is -0.727. The lowest BCUT2D eigenvalue weighted by atomic mass is 9.99. The van der Waals surface area contributed by atoms with Crippen LogP contribution in [0.1, 0.15) is 12.8 Å². The Bertz CT molecular complexity index is 291. The second-order valence-corrected chi connectivity index (χ2v) is 3.55. The highest BCUT2D eigenvalue weighted by Crippen LogP contribution is 2.19. The number of rotatable bonds is 3. The number of carbonyl (C=O) groups excluding carboxylic acids is 1. The number of amides is 1. The van der Waals surface area contributed by atoms with Gasteiger partial charge in [0.05, 0.1) is 6.10 Å². The van der Waals surface area contributed by atoms with Crippen molar-refractivity contribution in [1.29, 1.82) is 0 Å². The van der Waals surface area contributed by atoms with E-state index in [1.165, 1.54) is 6.08 Å². The minimum Gasteiger partial charge on any atom is -0.465 e. The molecule has 1 aliphatic heterocycles. The van der Waals surface area contributed by atoms with Crippen molar-refractivity contribution in [1.82, 2.24) is 4.90 Å². The van der Waals surface area contributed by atoms with Crippen LogP contribution in [0.5, 0.6) is 0 Å². The summed E-state index contributed by atoms with van der Waals surface area (Å²) in [6.07, 6.45) is 0.107. The number of carboxylic acid groups (broad SMARTS) is 1. The third kappa shape index (κ3) is 2.73. The molecule has 1 heterocycles. The minimum absolute atomic E-state index is 0.00944. The molecule has 0 spiro atoms. The van der Waals surface area contributed by atoms with Gasteiger partial charge in [0.25, 0.3) is 0 Å². The second kappa shape index (κ2) is 5.50. The fourth-order valence-corrected chi connectivity index (χ4v) is 1.70. The second-order valence-electron chi connectivity index (χ2n) is 3.55. The molecule has 90 valence electrons. The van der Waals surface area contributed by atoms with E-state index in [-0.39, 0.29) is 13.2 Å². The molecule has 16 heavy (non-hydrogen) atoms. The molecule has 2 unspecified atom stereocenters. The zero-order valence-electron chi connectivity index (χ0n) is 8.83. The van der Waals surface area contributed by atoms with E-state index in [4.69, 9.17) is 9.84 Å². The summed E-state index contributed by atoms with van der Waals surface area (Å²) < 4.78 is 4.76. The van der Waals surface area contributed by atoms with Gasteiger partial charge in [0.1, 0.15) is 6.61 Å². The van der Waals surface area contributed by atoms with E-state index in [1.54, 1.807) is 0 Å². The summed E-state index contributed by atoms with van der Waals surface area (Å²) in [6.45, 7) is 3.63. The van der Waals surface area contributed by atoms with Crippen LogP contribution in [0, 0.1) is 0 Å². The summed E-state index contributed by atoms with van der Waals surface area (Å²) in [5.41, 5.74) is 0. The fourth-order valence-electron chi connectivity index (χ4n) is 1.70. The topological polar surface area (TPSA) is 87.1 Å².